The van der Waals surface area contributed by atoms with Crippen molar-refractivity contribution in [2.75, 3.05) is 12.8 Å². The van der Waals surface area contributed by atoms with Crippen LogP contribution < -0.4 is 5.73 Å². The molecule has 2 rings (SSSR count). The first-order chi connectivity index (χ1) is 8.75. The molecule has 1 saturated carbocycles. The molecule has 1 aromatic carbocycles. The summed E-state index contributed by atoms with van der Waals surface area (Å²) in [4.78, 5) is 11.4. The van der Waals surface area contributed by atoms with Crippen LogP contribution in [0.15, 0.2) is 24.3 Å². The molecular weight excluding hydrogens is 273 g/mol. The van der Waals surface area contributed by atoms with Crippen LogP contribution in [0.2, 0.25) is 0 Å². The minimum absolute atomic E-state index is 0.276. The second-order valence-electron chi connectivity index (χ2n) is 4.83. The van der Waals surface area contributed by atoms with Gasteiger partial charge in [0, 0.05) is 18.7 Å². The Balaban J connectivity index is 2.50. The summed E-state index contributed by atoms with van der Waals surface area (Å²) in [7, 11) is -3.56. The summed E-state index contributed by atoms with van der Waals surface area (Å²) in [6, 6.07) is 5.16. The van der Waals surface area contributed by atoms with Crippen molar-refractivity contribution in [3.63, 3.8) is 0 Å². The molecule has 0 spiro atoms. The lowest BCUT2D eigenvalue weighted by atomic mass is 9.99. The fraction of sp³-hybridized carbons (Fsp3) is 0.417. The molecule has 1 aliphatic carbocycles. The number of carboxylic acids is 1. The summed E-state index contributed by atoms with van der Waals surface area (Å²) < 4.78 is 36.3. The molecule has 1 fully saturated rings. The number of sulfone groups is 1. The average molecular weight is 287 g/mol. The number of carboxylic acid groups (broad SMARTS) is 1. The predicted octanol–water partition coefficient (Wildman–Crippen LogP) is 0.366. The molecule has 3 atom stereocenters. The second-order valence-corrected chi connectivity index (χ2v) is 7.00. The van der Waals surface area contributed by atoms with E-state index in [9.17, 15) is 22.7 Å². The average Bonchev–Trinajstić information content (AvgIpc) is 3.00. The van der Waals surface area contributed by atoms with Crippen molar-refractivity contribution in [2.24, 2.45) is 11.1 Å². The molecule has 0 bridgehead atoms. The first kappa shape index (κ1) is 14.0. The van der Waals surface area contributed by atoms with Gasteiger partial charge in [-0.25, -0.2) is 12.8 Å². The quantitative estimate of drug-likeness (QED) is 0.833. The summed E-state index contributed by atoms with van der Waals surface area (Å²) in [5.41, 5.74) is 4.46. The van der Waals surface area contributed by atoms with Gasteiger partial charge in [-0.05, 0) is 17.7 Å². The lowest BCUT2D eigenvalue weighted by Crippen LogP contribution is -2.31. The molecule has 0 saturated heterocycles. The highest BCUT2D eigenvalue weighted by Gasteiger charge is 2.74. The molecule has 0 aromatic heterocycles. The largest absolute Gasteiger partial charge is 0.481 e. The molecule has 0 radical (unpaired) electrons. The first-order valence-corrected chi connectivity index (χ1v) is 7.58. The molecule has 1 aromatic rings. The Labute approximate surface area is 110 Å². The van der Waals surface area contributed by atoms with Crippen molar-refractivity contribution in [3.8, 4) is 0 Å². The number of nitrogens with two attached hydrogens (primary N) is 1. The van der Waals surface area contributed by atoms with Gasteiger partial charge >= 0.3 is 5.97 Å². The molecule has 3 N–H and O–H groups in total. The van der Waals surface area contributed by atoms with E-state index < -0.39 is 38.2 Å². The van der Waals surface area contributed by atoms with Crippen LogP contribution in [0.5, 0.6) is 0 Å². The van der Waals surface area contributed by atoms with E-state index in [-0.39, 0.29) is 6.54 Å². The maximum absolute atomic E-state index is 12.9. The smallest absolute Gasteiger partial charge is 0.312 e. The number of hydrogen-bond acceptors (Lipinski definition) is 4. The monoisotopic (exact) mass is 287 g/mol. The van der Waals surface area contributed by atoms with Crippen LogP contribution in [-0.4, -0.2) is 37.5 Å². The van der Waals surface area contributed by atoms with Gasteiger partial charge in [0.15, 0.2) is 9.84 Å². The number of carbonyl (C=O) groups is 1. The Morgan fingerprint density at radius 1 is 1.42 bits per heavy atom. The van der Waals surface area contributed by atoms with Crippen molar-refractivity contribution in [3.05, 3.63) is 35.6 Å². The maximum atomic E-state index is 12.9. The summed E-state index contributed by atoms with van der Waals surface area (Å²) in [6.45, 7) is -0.276. The zero-order chi connectivity index (χ0) is 14.4. The highest BCUT2D eigenvalue weighted by Crippen LogP contribution is 2.62. The number of hydrogen-bond donors (Lipinski definition) is 2. The van der Waals surface area contributed by atoms with Crippen molar-refractivity contribution < 1.29 is 22.7 Å². The van der Waals surface area contributed by atoms with E-state index in [1.54, 1.807) is 0 Å². The zero-order valence-electron chi connectivity index (χ0n) is 10.2. The van der Waals surface area contributed by atoms with Crippen molar-refractivity contribution >= 4 is 15.8 Å². The molecule has 5 nitrogen and oxygen atoms in total. The molecule has 0 amide bonds. The molecule has 19 heavy (non-hydrogen) atoms. The minimum atomic E-state index is -3.56. The summed E-state index contributed by atoms with van der Waals surface area (Å²) >= 11 is 0. The van der Waals surface area contributed by atoms with E-state index in [0.717, 1.165) is 6.26 Å². The topological polar surface area (TPSA) is 97.5 Å². The van der Waals surface area contributed by atoms with Crippen molar-refractivity contribution in [1.29, 1.82) is 0 Å². The van der Waals surface area contributed by atoms with Gasteiger partial charge in [-0.3, -0.25) is 4.79 Å². The number of benzene rings is 1. The van der Waals surface area contributed by atoms with Gasteiger partial charge in [0.1, 0.15) is 11.2 Å². The Kier molecular flexibility index (Phi) is 3.14. The van der Waals surface area contributed by atoms with Gasteiger partial charge in [0.25, 0.3) is 0 Å². The lowest BCUT2D eigenvalue weighted by Gasteiger charge is -2.09. The second kappa shape index (κ2) is 4.28. The summed E-state index contributed by atoms with van der Waals surface area (Å²) in [5.74, 6) is -2.43. The van der Waals surface area contributed by atoms with Crippen LogP contribution in [-0.2, 0) is 14.6 Å². The normalized spacial score (nSPS) is 30.1. The van der Waals surface area contributed by atoms with Gasteiger partial charge in [0.05, 0.1) is 5.25 Å². The summed E-state index contributed by atoms with van der Waals surface area (Å²) in [5, 5.41) is 8.24. The van der Waals surface area contributed by atoms with Crippen LogP contribution in [0, 0.1) is 11.2 Å². The highest BCUT2D eigenvalue weighted by atomic mass is 32.2. The molecular formula is C12H14FNO4S. The predicted molar refractivity (Wildman–Crippen MR) is 66.9 cm³/mol. The lowest BCUT2D eigenvalue weighted by molar-refractivity contribution is -0.143. The van der Waals surface area contributed by atoms with Crippen LogP contribution in [0.1, 0.15) is 11.5 Å². The standard InChI is InChI=1S/C12H14FNO4S/c1-19(17,18)10-9(12(10,6-14)11(15)16)7-2-4-8(13)5-3-7/h2-5,9-10H,6,14H2,1H3,(H,15,16)/t9-,10+,12-/m1/s1. The Morgan fingerprint density at radius 2 is 1.95 bits per heavy atom. The minimum Gasteiger partial charge on any atom is -0.481 e. The Hall–Kier alpha value is -1.47. The third-order valence-electron chi connectivity index (χ3n) is 3.68. The highest BCUT2D eigenvalue weighted by molar-refractivity contribution is 7.91. The Morgan fingerprint density at radius 3 is 2.26 bits per heavy atom. The van der Waals surface area contributed by atoms with Gasteiger partial charge in [-0.2, -0.15) is 0 Å². The van der Waals surface area contributed by atoms with Crippen LogP contribution in [0.4, 0.5) is 4.39 Å². The summed E-state index contributed by atoms with van der Waals surface area (Å²) in [6.07, 6.45) is 0.995. The molecule has 1 aliphatic rings. The van der Waals surface area contributed by atoms with Crippen LogP contribution >= 0.6 is 0 Å². The zero-order valence-corrected chi connectivity index (χ0v) is 11.0. The van der Waals surface area contributed by atoms with Crippen molar-refractivity contribution in [1.82, 2.24) is 0 Å². The van der Waals surface area contributed by atoms with E-state index in [4.69, 9.17) is 5.73 Å². The Bertz CT molecular complexity index is 613. The van der Waals surface area contributed by atoms with Gasteiger partial charge < -0.3 is 10.8 Å². The first-order valence-electron chi connectivity index (χ1n) is 5.63. The number of halogens is 1. The maximum Gasteiger partial charge on any atom is 0.312 e. The van der Waals surface area contributed by atoms with E-state index in [1.807, 2.05) is 0 Å². The fourth-order valence-corrected chi connectivity index (χ4v) is 4.68. The van der Waals surface area contributed by atoms with Crippen molar-refractivity contribution in [2.45, 2.75) is 11.2 Å². The SMILES string of the molecule is CS(=O)(=O)[C@H]1[C@@H](c2ccc(F)cc2)[C@@]1(CN)C(=O)O. The van der Waals surface area contributed by atoms with E-state index in [2.05, 4.69) is 0 Å². The van der Waals surface area contributed by atoms with Crippen LogP contribution in [0.3, 0.4) is 0 Å². The van der Waals surface area contributed by atoms with Gasteiger partial charge in [-0.15, -0.1) is 0 Å². The molecule has 0 aliphatic heterocycles. The van der Waals surface area contributed by atoms with Gasteiger partial charge in [0.2, 0.25) is 0 Å². The van der Waals surface area contributed by atoms with E-state index in [0.29, 0.717) is 5.56 Å². The van der Waals surface area contributed by atoms with E-state index in [1.165, 1.54) is 24.3 Å². The number of rotatable bonds is 4. The molecule has 7 heteroatoms. The molecule has 0 unspecified atom stereocenters. The third kappa shape index (κ3) is 2.02. The molecule has 0 heterocycles. The fourth-order valence-electron chi connectivity index (χ4n) is 2.76. The van der Waals surface area contributed by atoms with Crippen LogP contribution in [0.25, 0.3) is 0 Å². The third-order valence-corrected chi connectivity index (χ3v) is 5.30. The molecule has 104 valence electrons. The van der Waals surface area contributed by atoms with E-state index >= 15 is 0 Å². The number of aliphatic carboxylic acids is 1. The van der Waals surface area contributed by atoms with Gasteiger partial charge in [-0.1, -0.05) is 12.1 Å².